The second-order valence-electron chi connectivity index (χ2n) is 5.52. The van der Waals surface area contributed by atoms with Crippen LogP contribution in [0.15, 0.2) is 18.2 Å². The number of methoxy groups -OCH3 is 1. The van der Waals surface area contributed by atoms with E-state index < -0.39 is 5.82 Å². The lowest BCUT2D eigenvalue weighted by Gasteiger charge is -2.32. The van der Waals surface area contributed by atoms with Crippen molar-refractivity contribution in [1.82, 2.24) is 10.2 Å². The van der Waals surface area contributed by atoms with Crippen molar-refractivity contribution in [3.63, 3.8) is 0 Å². The molecule has 1 saturated heterocycles. The van der Waals surface area contributed by atoms with Crippen LogP contribution in [0.5, 0.6) is 5.75 Å². The summed E-state index contributed by atoms with van der Waals surface area (Å²) in [6.07, 6.45) is 1.50. The molecule has 1 fully saturated rings. The fraction of sp³-hybridized carbons (Fsp3) is 0.500. The number of likely N-dealkylation sites (tertiary alicyclic amines) is 1. The third-order valence-corrected chi connectivity index (χ3v) is 3.92. The van der Waals surface area contributed by atoms with Crippen LogP contribution in [-0.2, 0) is 4.79 Å². The molecule has 1 aromatic rings. The molecule has 0 aliphatic carbocycles. The Hall–Kier alpha value is -2.15. The van der Waals surface area contributed by atoms with Gasteiger partial charge in [0.1, 0.15) is 0 Å². The highest BCUT2D eigenvalue weighted by Crippen LogP contribution is 2.22. The number of piperidine rings is 1. The third kappa shape index (κ3) is 4.19. The van der Waals surface area contributed by atoms with Crippen molar-refractivity contribution in [2.75, 3.05) is 33.3 Å². The molecule has 0 spiro atoms. The highest BCUT2D eigenvalue weighted by atomic mass is 19.1. The summed E-state index contributed by atoms with van der Waals surface area (Å²) >= 11 is 0. The molecule has 1 heterocycles. The SMILES string of the molecule is COc1cc(C(=O)N2CCCC(C(=O)NCCN)C2)ccc1F. The van der Waals surface area contributed by atoms with Gasteiger partial charge >= 0.3 is 0 Å². The minimum absolute atomic E-state index is 0.0325. The summed E-state index contributed by atoms with van der Waals surface area (Å²) in [5.41, 5.74) is 5.73. The zero-order chi connectivity index (χ0) is 16.8. The number of carbonyl (C=O) groups excluding carboxylic acids is 2. The normalized spacial score (nSPS) is 17.7. The average Bonchev–Trinajstić information content (AvgIpc) is 2.59. The zero-order valence-electron chi connectivity index (χ0n) is 13.2. The first-order valence-corrected chi connectivity index (χ1v) is 7.67. The van der Waals surface area contributed by atoms with Gasteiger partial charge in [0.05, 0.1) is 13.0 Å². The lowest BCUT2D eigenvalue weighted by atomic mass is 9.96. The Morgan fingerprint density at radius 1 is 1.48 bits per heavy atom. The average molecular weight is 323 g/mol. The standard InChI is InChI=1S/C16H22FN3O3/c1-23-14-9-11(4-5-13(14)17)16(22)20-8-2-3-12(10-20)15(21)19-7-6-18/h4-5,9,12H,2-3,6-8,10,18H2,1H3,(H,19,21). The molecule has 0 saturated carbocycles. The molecule has 23 heavy (non-hydrogen) atoms. The Morgan fingerprint density at radius 3 is 2.96 bits per heavy atom. The van der Waals surface area contributed by atoms with Crippen LogP contribution >= 0.6 is 0 Å². The predicted molar refractivity (Wildman–Crippen MR) is 83.6 cm³/mol. The van der Waals surface area contributed by atoms with Crippen molar-refractivity contribution in [2.24, 2.45) is 11.7 Å². The van der Waals surface area contributed by atoms with Gasteiger partial charge in [-0.15, -0.1) is 0 Å². The Kier molecular flexibility index (Phi) is 5.92. The molecular formula is C16H22FN3O3. The maximum atomic E-state index is 13.4. The molecule has 2 rings (SSSR count). The first kappa shape index (κ1) is 17.2. The van der Waals surface area contributed by atoms with Gasteiger partial charge in [-0.1, -0.05) is 0 Å². The van der Waals surface area contributed by atoms with Gasteiger partial charge in [0.25, 0.3) is 5.91 Å². The number of ether oxygens (including phenoxy) is 1. The molecule has 3 N–H and O–H groups in total. The van der Waals surface area contributed by atoms with Gasteiger partial charge in [0.15, 0.2) is 11.6 Å². The molecule has 0 radical (unpaired) electrons. The third-order valence-electron chi connectivity index (χ3n) is 3.92. The van der Waals surface area contributed by atoms with Crippen LogP contribution in [0.1, 0.15) is 23.2 Å². The minimum Gasteiger partial charge on any atom is -0.494 e. The molecular weight excluding hydrogens is 301 g/mol. The van der Waals surface area contributed by atoms with E-state index in [1.165, 1.54) is 25.3 Å². The molecule has 1 atom stereocenters. The fourth-order valence-electron chi connectivity index (χ4n) is 2.69. The monoisotopic (exact) mass is 323 g/mol. The summed E-state index contributed by atoms with van der Waals surface area (Å²) < 4.78 is 18.4. The molecule has 0 bridgehead atoms. The summed E-state index contributed by atoms with van der Waals surface area (Å²) in [5, 5.41) is 2.76. The molecule has 6 nitrogen and oxygen atoms in total. The molecule has 1 aliphatic heterocycles. The summed E-state index contributed by atoms with van der Waals surface area (Å²) in [6.45, 7) is 1.75. The second-order valence-corrected chi connectivity index (χ2v) is 5.52. The van der Waals surface area contributed by atoms with Crippen molar-refractivity contribution in [1.29, 1.82) is 0 Å². The van der Waals surface area contributed by atoms with E-state index in [0.717, 1.165) is 12.8 Å². The van der Waals surface area contributed by atoms with Crippen LogP contribution < -0.4 is 15.8 Å². The maximum absolute atomic E-state index is 13.4. The van der Waals surface area contributed by atoms with Gasteiger partial charge in [-0.25, -0.2) is 4.39 Å². The number of rotatable bonds is 5. The number of hydrogen-bond acceptors (Lipinski definition) is 4. The van der Waals surface area contributed by atoms with Crippen LogP contribution in [0.3, 0.4) is 0 Å². The Morgan fingerprint density at radius 2 is 2.26 bits per heavy atom. The smallest absolute Gasteiger partial charge is 0.254 e. The van der Waals surface area contributed by atoms with Crippen LogP contribution in [-0.4, -0.2) is 50.0 Å². The van der Waals surface area contributed by atoms with Crippen LogP contribution in [0.25, 0.3) is 0 Å². The molecule has 1 aliphatic rings. The van der Waals surface area contributed by atoms with Crippen molar-refractivity contribution < 1.29 is 18.7 Å². The number of nitrogens with zero attached hydrogens (tertiary/aromatic N) is 1. The molecule has 7 heteroatoms. The Labute approximate surface area is 134 Å². The van der Waals surface area contributed by atoms with E-state index in [2.05, 4.69) is 5.32 Å². The van der Waals surface area contributed by atoms with Crippen LogP contribution in [0.2, 0.25) is 0 Å². The lowest BCUT2D eigenvalue weighted by Crippen LogP contribution is -2.46. The number of nitrogens with two attached hydrogens (primary N) is 1. The molecule has 126 valence electrons. The van der Waals surface area contributed by atoms with Gasteiger partial charge in [-0.3, -0.25) is 9.59 Å². The number of amides is 2. The van der Waals surface area contributed by atoms with Crippen LogP contribution in [0, 0.1) is 11.7 Å². The Balaban J connectivity index is 2.05. The van der Waals surface area contributed by atoms with Gasteiger partial charge < -0.3 is 20.7 Å². The molecule has 2 amide bonds. The topological polar surface area (TPSA) is 84.7 Å². The number of nitrogens with one attached hydrogen (secondary N) is 1. The quantitative estimate of drug-likeness (QED) is 0.838. The van der Waals surface area contributed by atoms with Crippen molar-refractivity contribution in [3.05, 3.63) is 29.6 Å². The van der Waals surface area contributed by atoms with Gasteiger partial charge in [0, 0.05) is 31.7 Å². The van der Waals surface area contributed by atoms with E-state index in [4.69, 9.17) is 10.5 Å². The predicted octanol–water partition coefficient (Wildman–Crippen LogP) is 0.761. The maximum Gasteiger partial charge on any atom is 0.254 e. The Bertz CT molecular complexity index is 580. The van der Waals surface area contributed by atoms with Crippen molar-refractivity contribution in [3.8, 4) is 5.75 Å². The van der Waals surface area contributed by atoms with E-state index in [9.17, 15) is 14.0 Å². The summed E-state index contributed by atoms with van der Waals surface area (Å²) in [7, 11) is 1.35. The largest absolute Gasteiger partial charge is 0.494 e. The highest BCUT2D eigenvalue weighted by molar-refractivity contribution is 5.95. The van der Waals surface area contributed by atoms with E-state index in [-0.39, 0.29) is 23.5 Å². The molecule has 1 aromatic carbocycles. The second kappa shape index (κ2) is 7.92. The number of benzene rings is 1. The summed E-state index contributed by atoms with van der Waals surface area (Å²) in [6, 6.07) is 4.02. The number of carbonyl (C=O) groups is 2. The van der Waals surface area contributed by atoms with Gasteiger partial charge in [-0.05, 0) is 31.0 Å². The summed E-state index contributed by atoms with van der Waals surface area (Å²) in [4.78, 5) is 26.2. The summed E-state index contributed by atoms with van der Waals surface area (Å²) in [5.74, 6) is -1.02. The molecule has 0 aromatic heterocycles. The van der Waals surface area contributed by atoms with E-state index >= 15 is 0 Å². The minimum atomic E-state index is -0.512. The fourth-order valence-corrected chi connectivity index (χ4v) is 2.69. The van der Waals surface area contributed by atoms with E-state index in [1.54, 1.807) is 4.90 Å². The zero-order valence-corrected chi connectivity index (χ0v) is 13.2. The number of hydrogen-bond donors (Lipinski definition) is 2. The van der Waals surface area contributed by atoms with Crippen molar-refractivity contribution >= 4 is 11.8 Å². The number of halogens is 1. The van der Waals surface area contributed by atoms with E-state index in [0.29, 0.717) is 31.7 Å². The first-order chi connectivity index (χ1) is 11.1. The highest BCUT2D eigenvalue weighted by Gasteiger charge is 2.29. The lowest BCUT2D eigenvalue weighted by molar-refractivity contribution is -0.126. The van der Waals surface area contributed by atoms with Gasteiger partial charge in [0.2, 0.25) is 5.91 Å². The van der Waals surface area contributed by atoms with Crippen molar-refractivity contribution in [2.45, 2.75) is 12.8 Å². The first-order valence-electron chi connectivity index (χ1n) is 7.67. The van der Waals surface area contributed by atoms with Crippen LogP contribution in [0.4, 0.5) is 4.39 Å². The van der Waals surface area contributed by atoms with E-state index in [1.807, 2.05) is 0 Å². The van der Waals surface area contributed by atoms with Gasteiger partial charge in [-0.2, -0.15) is 0 Å². The molecule has 1 unspecified atom stereocenters.